The van der Waals surface area contributed by atoms with Gasteiger partial charge in [0.15, 0.2) is 0 Å². The van der Waals surface area contributed by atoms with Gasteiger partial charge in [0.25, 0.3) is 5.91 Å². The second-order valence-corrected chi connectivity index (χ2v) is 7.50. The molecule has 2 aromatic rings. The van der Waals surface area contributed by atoms with E-state index in [0.717, 1.165) is 44.1 Å². The first kappa shape index (κ1) is 19.2. The lowest BCUT2D eigenvalue weighted by Crippen LogP contribution is -2.44. The number of hydrogen-bond donors (Lipinski definition) is 2. The van der Waals surface area contributed by atoms with Crippen LogP contribution in [0, 0.1) is 5.92 Å². The molecule has 0 unspecified atom stereocenters. The van der Waals surface area contributed by atoms with Crippen LogP contribution in [-0.2, 0) is 0 Å². The van der Waals surface area contributed by atoms with Crippen LogP contribution in [0.1, 0.15) is 24.3 Å². The van der Waals surface area contributed by atoms with Gasteiger partial charge in [-0.15, -0.1) is 0 Å². The summed E-state index contributed by atoms with van der Waals surface area (Å²) in [6, 6.07) is 11.7. The Hall–Kier alpha value is -2.60. The van der Waals surface area contributed by atoms with Crippen LogP contribution in [0.15, 0.2) is 42.6 Å². The van der Waals surface area contributed by atoms with Crippen LogP contribution in [0.3, 0.4) is 0 Å². The predicted octanol–water partition coefficient (Wildman–Crippen LogP) is 3.15. The van der Waals surface area contributed by atoms with Crippen molar-refractivity contribution >= 4 is 23.0 Å². The first-order chi connectivity index (χ1) is 13.0. The van der Waals surface area contributed by atoms with Crippen LogP contribution in [0.2, 0.25) is 0 Å². The number of amides is 1. The molecule has 3 rings (SSSR count). The molecule has 27 heavy (non-hydrogen) atoms. The average molecular weight is 367 g/mol. The van der Waals surface area contributed by atoms with Gasteiger partial charge in [0, 0.05) is 44.1 Å². The van der Waals surface area contributed by atoms with Gasteiger partial charge in [0.1, 0.15) is 5.69 Å². The molecule has 0 saturated carbocycles. The van der Waals surface area contributed by atoms with Crippen LogP contribution in [0.4, 0.5) is 17.1 Å². The largest absolute Gasteiger partial charge is 0.384 e. The summed E-state index contributed by atoms with van der Waals surface area (Å²) in [4.78, 5) is 21.4. The maximum atomic E-state index is 12.4. The highest BCUT2D eigenvalue weighted by Crippen LogP contribution is 2.20. The Bertz CT molecular complexity index is 734. The van der Waals surface area contributed by atoms with Gasteiger partial charge in [-0.2, -0.15) is 0 Å². The minimum Gasteiger partial charge on any atom is -0.384 e. The molecule has 6 heteroatoms. The zero-order valence-corrected chi connectivity index (χ0v) is 16.4. The van der Waals surface area contributed by atoms with Gasteiger partial charge in [-0.3, -0.25) is 4.79 Å². The Kier molecular flexibility index (Phi) is 6.29. The Labute approximate surface area is 161 Å². The van der Waals surface area contributed by atoms with Crippen molar-refractivity contribution in [2.24, 2.45) is 5.92 Å². The van der Waals surface area contributed by atoms with Crippen molar-refractivity contribution in [1.82, 2.24) is 9.88 Å². The molecule has 1 aromatic heterocycles. The van der Waals surface area contributed by atoms with Gasteiger partial charge in [-0.05, 0) is 49.4 Å². The highest BCUT2D eigenvalue weighted by Gasteiger charge is 2.14. The third-order valence-electron chi connectivity index (χ3n) is 4.70. The standard InChI is InChI=1S/C21H29N5O/c1-16(2)14-22-18-6-9-20(23-15-18)21(27)24-17-4-7-19(8-5-17)26-12-10-25(3)11-13-26/h4-9,15-16,22H,10-14H2,1-3H3,(H,24,27). The molecule has 1 saturated heterocycles. The van der Waals surface area contributed by atoms with E-state index in [-0.39, 0.29) is 5.91 Å². The second kappa shape index (κ2) is 8.86. The summed E-state index contributed by atoms with van der Waals surface area (Å²) in [5, 5.41) is 6.21. The summed E-state index contributed by atoms with van der Waals surface area (Å²) < 4.78 is 0. The van der Waals surface area contributed by atoms with Gasteiger partial charge in [0.2, 0.25) is 0 Å². The highest BCUT2D eigenvalue weighted by molar-refractivity contribution is 6.03. The maximum Gasteiger partial charge on any atom is 0.274 e. The zero-order chi connectivity index (χ0) is 19.2. The third-order valence-corrected chi connectivity index (χ3v) is 4.70. The Morgan fingerprint density at radius 2 is 1.70 bits per heavy atom. The second-order valence-electron chi connectivity index (χ2n) is 7.50. The summed E-state index contributed by atoms with van der Waals surface area (Å²) in [6.07, 6.45) is 1.70. The number of anilines is 3. The zero-order valence-electron chi connectivity index (χ0n) is 16.4. The molecule has 2 N–H and O–H groups in total. The molecular formula is C21H29N5O. The van der Waals surface area contributed by atoms with E-state index in [1.54, 1.807) is 12.3 Å². The molecule has 0 atom stereocenters. The summed E-state index contributed by atoms with van der Waals surface area (Å²) >= 11 is 0. The Morgan fingerprint density at radius 3 is 2.30 bits per heavy atom. The van der Waals surface area contributed by atoms with Crippen molar-refractivity contribution in [2.45, 2.75) is 13.8 Å². The van der Waals surface area contributed by atoms with Crippen molar-refractivity contribution in [3.8, 4) is 0 Å². The third kappa shape index (κ3) is 5.44. The predicted molar refractivity (Wildman–Crippen MR) is 112 cm³/mol. The summed E-state index contributed by atoms with van der Waals surface area (Å²) in [5.41, 5.74) is 3.31. The van der Waals surface area contributed by atoms with E-state index in [2.05, 4.69) is 58.4 Å². The van der Waals surface area contributed by atoms with E-state index in [4.69, 9.17) is 0 Å². The number of likely N-dealkylation sites (N-methyl/N-ethyl adjacent to an activating group) is 1. The van der Waals surface area contributed by atoms with E-state index < -0.39 is 0 Å². The number of carbonyl (C=O) groups is 1. The van der Waals surface area contributed by atoms with E-state index >= 15 is 0 Å². The summed E-state index contributed by atoms with van der Waals surface area (Å²) in [7, 11) is 2.15. The summed E-state index contributed by atoms with van der Waals surface area (Å²) in [5.74, 6) is 0.361. The van der Waals surface area contributed by atoms with E-state index in [9.17, 15) is 4.79 Å². The molecule has 144 valence electrons. The van der Waals surface area contributed by atoms with Gasteiger partial charge < -0.3 is 20.4 Å². The Balaban J connectivity index is 1.56. The fraction of sp³-hybridized carbons (Fsp3) is 0.429. The molecule has 1 fully saturated rings. The Morgan fingerprint density at radius 1 is 1.04 bits per heavy atom. The van der Waals surface area contributed by atoms with Crippen LogP contribution in [0.25, 0.3) is 0 Å². The van der Waals surface area contributed by atoms with Gasteiger partial charge in [-0.1, -0.05) is 13.8 Å². The molecular weight excluding hydrogens is 338 g/mol. The molecule has 1 amide bonds. The maximum absolute atomic E-state index is 12.4. The van der Waals surface area contributed by atoms with Crippen molar-refractivity contribution in [1.29, 1.82) is 0 Å². The number of piperazine rings is 1. The smallest absolute Gasteiger partial charge is 0.274 e. The van der Waals surface area contributed by atoms with Gasteiger partial charge >= 0.3 is 0 Å². The van der Waals surface area contributed by atoms with Crippen molar-refractivity contribution in [3.63, 3.8) is 0 Å². The lowest BCUT2D eigenvalue weighted by Gasteiger charge is -2.34. The summed E-state index contributed by atoms with van der Waals surface area (Å²) in [6.45, 7) is 9.40. The van der Waals surface area contributed by atoms with Crippen molar-refractivity contribution in [3.05, 3.63) is 48.3 Å². The van der Waals surface area contributed by atoms with E-state index in [1.165, 1.54) is 5.69 Å². The molecule has 1 aliphatic heterocycles. The van der Waals surface area contributed by atoms with Crippen LogP contribution in [0.5, 0.6) is 0 Å². The lowest BCUT2D eigenvalue weighted by molar-refractivity contribution is 0.102. The number of carbonyl (C=O) groups excluding carboxylic acids is 1. The number of aromatic nitrogens is 1. The van der Waals surface area contributed by atoms with Crippen molar-refractivity contribution < 1.29 is 4.79 Å². The number of benzene rings is 1. The minimum atomic E-state index is -0.197. The van der Waals surface area contributed by atoms with Crippen LogP contribution < -0.4 is 15.5 Å². The highest BCUT2D eigenvalue weighted by atomic mass is 16.1. The SMILES string of the molecule is CC(C)CNc1ccc(C(=O)Nc2ccc(N3CCN(C)CC3)cc2)nc1. The number of nitrogens with one attached hydrogen (secondary N) is 2. The molecule has 1 aliphatic rings. The molecule has 2 heterocycles. The number of pyridine rings is 1. The van der Waals surface area contributed by atoms with Gasteiger partial charge in [-0.25, -0.2) is 4.98 Å². The topological polar surface area (TPSA) is 60.5 Å². The number of rotatable bonds is 6. The molecule has 0 spiro atoms. The first-order valence-electron chi connectivity index (χ1n) is 9.56. The fourth-order valence-electron chi connectivity index (χ4n) is 2.97. The van der Waals surface area contributed by atoms with E-state index in [1.807, 2.05) is 18.2 Å². The molecule has 6 nitrogen and oxygen atoms in total. The van der Waals surface area contributed by atoms with Crippen molar-refractivity contribution in [2.75, 3.05) is 55.3 Å². The normalized spacial score (nSPS) is 15.0. The molecule has 1 aromatic carbocycles. The number of nitrogens with zero attached hydrogens (tertiary/aromatic N) is 3. The lowest BCUT2D eigenvalue weighted by atomic mass is 10.2. The first-order valence-corrected chi connectivity index (χ1v) is 9.56. The monoisotopic (exact) mass is 367 g/mol. The molecule has 0 bridgehead atoms. The molecule has 0 aliphatic carbocycles. The fourth-order valence-corrected chi connectivity index (χ4v) is 2.97. The molecule has 0 radical (unpaired) electrons. The van der Waals surface area contributed by atoms with Gasteiger partial charge in [0.05, 0.1) is 11.9 Å². The van der Waals surface area contributed by atoms with E-state index in [0.29, 0.717) is 11.6 Å². The quantitative estimate of drug-likeness (QED) is 0.821. The average Bonchev–Trinajstić information content (AvgIpc) is 2.68. The minimum absolute atomic E-state index is 0.197. The number of hydrogen-bond acceptors (Lipinski definition) is 5. The van der Waals surface area contributed by atoms with Crippen LogP contribution in [-0.4, -0.2) is 55.6 Å². The van der Waals surface area contributed by atoms with Crippen LogP contribution >= 0.6 is 0 Å².